The maximum Gasteiger partial charge on any atom is 0.229 e. The zero-order valence-electron chi connectivity index (χ0n) is 11.2. The third kappa shape index (κ3) is 11.2. The molecule has 0 bridgehead atoms. The van der Waals surface area contributed by atoms with E-state index >= 15 is 0 Å². The Morgan fingerprint density at radius 3 is 2.12 bits per heavy atom. The summed E-state index contributed by atoms with van der Waals surface area (Å²) >= 11 is 0. The van der Waals surface area contributed by atoms with Crippen molar-refractivity contribution < 1.29 is 9.59 Å². The van der Waals surface area contributed by atoms with Gasteiger partial charge in [0.2, 0.25) is 11.8 Å². The quantitative estimate of drug-likeness (QED) is 0.454. The molecule has 0 saturated heterocycles. The number of carbonyl (C=O) groups excluding carboxylic acids is 2. The van der Waals surface area contributed by atoms with Crippen molar-refractivity contribution >= 4 is 11.8 Å². The van der Waals surface area contributed by atoms with E-state index in [4.69, 9.17) is 0 Å². The van der Waals surface area contributed by atoms with E-state index < -0.39 is 0 Å². The Hall–Kier alpha value is -1.10. The normalized spacial score (nSPS) is 10.4. The molecule has 0 radical (unpaired) electrons. The van der Waals surface area contributed by atoms with Gasteiger partial charge in [-0.1, -0.05) is 19.8 Å². The summed E-state index contributed by atoms with van der Waals surface area (Å²) in [5.41, 5.74) is 0. The highest BCUT2D eigenvalue weighted by atomic mass is 16.2. The van der Waals surface area contributed by atoms with Crippen LogP contribution >= 0.6 is 0 Å². The SMILES string of the molecule is CCCCCNC(=O)CC(=O)NCCN(C)C. The van der Waals surface area contributed by atoms with E-state index in [1.54, 1.807) is 0 Å². The topological polar surface area (TPSA) is 61.4 Å². The zero-order valence-corrected chi connectivity index (χ0v) is 11.2. The summed E-state index contributed by atoms with van der Waals surface area (Å²) < 4.78 is 0. The molecule has 0 spiro atoms. The third-order valence-corrected chi connectivity index (χ3v) is 2.30. The van der Waals surface area contributed by atoms with Gasteiger partial charge < -0.3 is 15.5 Å². The second-order valence-electron chi connectivity index (χ2n) is 4.39. The minimum Gasteiger partial charge on any atom is -0.356 e. The van der Waals surface area contributed by atoms with Crippen LogP contribution in [0, 0.1) is 0 Å². The number of nitrogens with one attached hydrogen (secondary N) is 2. The predicted molar refractivity (Wildman–Crippen MR) is 68.7 cm³/mol. The summed E-state index contributed by atoms with van der Waals surface area (Å²) in [6.07, 6.45) is 3.14. The Morgan fingerprint density at radius 1 is 1.00 bits per heavy atom. The fourth-order valence-corrected chi connectivity index (χ4v) is 1.29. The molecule has 0 aliphatic heterocycles. The lowest BCUT2D eigenvalue weighted by atomic mass is 10.2. The maximum atomic E-state index is 11.3. The lowest BCUT2D eigenvalue weighted by Crippen LogP contribution is -2.35. The van der Waals surface area contributed by atoms with Crippen LogP contribution in [-0.4, -0.2) is 50.4 Å². The summed E-state index contributed by atoms with van der Waals surface area (Å²) in [6, 6.07) is 0. The molecule has 0 heterocycles. The molecule has 0 aliphatic carbocycles. The Kier molecular flexibility index (Phi) is 9.43. The van der Waals surface area contributed by atoms with E-state index in [1.165, 1.54) is 0 Å². The molecule has 0 unspecified atom stereocenters. The average molecular weight is 243 g/mol. The molecule has 5 heteroatoms. The third-order valence-electron chi connectivity index (χ3n) is 2.30. The van der Waals surface area contributed by atoms with Crippen LogP contribution in [0.1, 0.15) is 32.6 Å². The van der Waals surface area contributed by atoms with Crippen LogP contribution in [0.4, 0.5) is 0 Å². The second kappa shape index (κ2) is 10.1. The molecule has 100 valence electrons. The summed E-state index contributed by atoms with van der Waals surface area (Å²) in [5, 5.41) is 5.44. The minimum atomic E-state index is -0.208. The molecule has 0 aliphatic rings. The van der Waals surface area contributed by atoms with E-state index in [2.05, 4.69) is 17.6 Å². The molecule has 2 N–H and O–H groups in total. The molecule has 5 nitrogen and oxygen atoms in total. The molecular formula is C12H25N3O2. The van der Waals surface area contributed by atoms with Gasteiger partial charge in [0.25, 0.3) is 0 Å². The lowest BCUT2D eigenvalue weighted by molar-refractivity contribution is -0.129. The van der Waals surface area contributed by atoms with Crippen molar-refractivity contribution in [2.75, 3.05) is 33.7 Å². The fourth-order valence-electron chi connectivity index (χ4n) is 1.29. The maximum absolute atomic E-state index is 11.3. The van der Waals surface area contributed by atoms with Gasteiger partial charge in [-0.3, -0.25) is 9.59 Å². The van der Waals surface area contributed by atoms with Crippen molar-refractivity contribution in [3.63, 3.8) is 0 Å². The Balaban J connectivity index is 3.49. The summed E-state index contributed by atoms with van der Waals surface area (Å²) in [7, 11) is 3.87. The smallest absolute Gasteiger partial charge is 0.229 e. The standard InChI is InChI=1S/C12H25N3O2/c1-4-5-6-7-13-11(16)10-12(17)14-8-9-15(2)3/h4-10H2,1-3H3,(H,13,16)(H,14,17). The largest absolute Gasteiger partial charge is 0.356 e. The summed E-state index contributed by atoms with van der Waals surface area (Å²) in [5.74, 6) is -0.400. The highest BCUT2D eigenvalue weighted by Gasteiger charge is 2.07. The van der Waals surface area contributed by atoms with Crippen LogP contribution in [0.5, 0.6) is 0 Å². The molecule has 0 aromatic rings. The first-order valence-corrected chi connectivity index (χ1v) is 6.24. The minimum absolute atomic E-state index is 0.0699. The van der Waals surface area contributed by atoms with Gasteiger partial charge in [0.15, 0.2) is 0 Å². The number of amides is 2. The van der Waals surface area contributed by atoms with E-state index in [1.807, 2.05) is 19.0 Å². The molecule has 2 amide bonds. The number of nitrogens with zero attached hydrogens (tertiary/aromatic N) is 1. The van der Waals surface area contributed by atoms with Gasteiger partial charge in [-0.25, -0.2) is 0 Å². The molecule has 17 heavy (non-hydrogen) atoms. The number of hydrogen-bond acceptors (Lipinski definition) is 3. The zero-order chi connectivity index (χ0) is 13.1. The van der Waals surface area contributed by atoms with E-state index in [-0.39, 0.29) is 18.2 Å². The molecule has 0 atom stereocenters. The van der Waals surface area contributed by atoms with Crippen molar-refractivity contribution in [2.45, 2.75) is 32.6 Å². The van der Waals surface area contributed by atoms with Gasteiger partial charge >= 0.3 is 0 Å². The predicted octanol–water partition coefficient (Wildman–Crippen LogP) is 0.361. The second-order valence-corrected chi connectivity index (χ2v) is 4.39. The Bertz CT molecular complexity index is 230. The first-order valence-electron chi connectivity index (χ1n) is 6.24. The molecule has 0 rings (SSSR count). The van der Waals surface area contributed by atoms with Gasteiger partial charge in [0.1, 0.15) is 6.42 Å². The van der Waals surface area contributed by atoms with E-state index in [9.17, 15) is 9.59 Å². The number of unbranched alkanes of at least 4 members (excludes halogenated alkanes) is 2. The molecule has 0 saturated carbocycles. The lowest BCUT2D eigenvalue weighted by Gasteiger charge is -2.10. The van der Waals surface area contributed by atoms with Crippen molar-refractivity contribution in [3.05, 3.63) is 0 Å². The van der Waals surface area contributed by atoms with Crippen LogP contribution in [0.2, 0.25) is 0 Å². The van der Waals surface area contributed by atoms with Gasteiger partial charge in [-0.15, -0.1) is 0 Å². The number of likely N-dealkylation sites (N-methyl/N-ethyl adjacent to an activating group) is 1. The first kappa shape index (κ1) is 15.9. The monoisotopic (exact) mass is 243 g/mol. The Labute approximate surface area is 104 Å². The van der Waals surface area contributed by atoms with Crippen molar-refractivity contribution in [2.24, 2.45) is 0 Å². The summed E-state index contributed by atoms with van der Waals surface area (Å²) in [4.78, 5) is 24.6. The Morgan fingerprint density at radius 2 is 1.59 bits per heavy atom. The van der Waals surface area contributed by atoms with Crippen LogP contribution in [0.15, 0.2) is 0 Å². The number of carbonyl (C=O) groups is 2. The highest BCUT2D eigenvalue weighted by Crippen LogP contribution is 1.91. The van der Waals surface area contributed by atoms with E-state index in [0.717, 1.165) is 25.8 Å². The van der Waals surface area contributed by atoms with Crippen molar-refractivity contribution in [1.29, 1.82) is 0 Å². The van der Waals surface area contributed by atoms with Gasteiger partial charge in [0, 0.05) is 19.6 Å². The molecular weight excluding hydrogens is 218 g/mol. The molecule has 0 aromatic heterocycles. The average Bonchev–Trinajstić information content (AvgIpc) is 2.23. The van der Waals surface area contributed by atoms with Crippen molar-refractivity contribution in [3.8, 4) is 0 Å². The van der Waals surface area contributed by atoms with Crippen molar-refractivity contribution in [1.82, 2.24) is 15.5 Å². The first-order chi connectivity index (χ1) is 8.06. The van der Waals surface area contributed by atoms with E-state index in [0.29, 0.717) is 13.1 Å². The van der Waals surface area contributed by atoms with Crippen LogP contribution in [0.3, 0.4) is 0 Å². The number of rotatable bonds is 9. The summed E-state index contributed by atoms with van der Waals surface area (Å²) in [6.45, 7) is 4.14. The van der Waals surface area contributed by atoms with Gasteiger partial charge in [-0.2, -0.15) is 0 Å². The fraction of sp³-hybridized carbons (Fsp3) is 0.833. The van der Waals surface area contributed by atoms with Gasteiger partial charge in [-0.05, 0) is 20.5 Å². The number of hydrogen-bond donors (Lipinski definition) is 2. The highest BCUT2D eigenvalue weighted by molar-refractivity contribution is 5.96. The van der Waals surface area contributed by atoms with Gasteiger partial charge in [0.05, 0.1) is 0 Å². The molecule has 0 aromatic carbocycles. The van der Waals surface area contributed by atoms with Crippen LogP contribution in [-0.2, 0) is 9.59 Å². The molecule has 0 fully saturated rings. The van der Waals surface area contributed by atoms with Crippen LogP contribution < -0.4 is 10.6 Å². The van der Waals surface area contributed by atoms with Crippen LogP contribution in [0.25, 0.3) is 0 Å².